The molecule has 0 saturated carbocycles. The number of rotatable bonds is 2. The van der Waals surface area contributed by atoms with Gasteiger partial charge in [0.1, 0.15) is 0 Å². The van der Waals surface area contributed by atoms with Gasteiger partial charge in [-0.2, -0.15) is 13.2 Å². The number of benzene rings is 1. The smallest absolute Gasteiger partial charge is 0.325 e. The first-order valence-corrected chi connectivity index (χ1v) is 5.82. The van der Waals surface area contributed by atoms with E-state index in [2.05, 4.69) is 0 Å². The Morgan fingerprint density at radius 2 is 1.76 bits per heavy atom. The number of amides is 1. The Hall–Kier alpha value is -1.57. The highest BCUT2D eigenvalue weighted by Crippen LogP contribution is 2.34. The molecule has 1 amide bonds. The minimum absolute atomic E-state index is 0.391. The number of para-hydroxylation sites is 1. The number of halogens is 3. The zero-order valence-corrected chi connectivity index (χ0v) is 9.39. The molecule has 1 rings (SSSR count). The van der Waals surface area contributed by atoms with Gasteiger partial charge >= 0.3 is 5.51 Å². The van der Waals surface area contributed by atoms with Crippen LogP contribution in [0.4, 0.5) is 18.9 Å². The van der Waals surface area contributed by atoms with Crippen LogP contribution in [0.2, 0.25) is 0 Å². The second kappa shape index (κ2) is 4.36. The number of hydrogen-bond acceptors (Lipinski definition) is 3. The van der Waals surface area contributed by atoms with Crippen molar-refractivity contribution in [3.8, 4) is 0 Å². The first kappa shape index (κ1) is 13.5. The number of alkyl halides is 3. The Morgan fingerprint density at radius 1 is 1.24 bits per heavy atom. The number of carbonyl (C=O) groups is 1. The van der Waals surface area contributed by atoms with Crippen LogP contribution in [0, 0.1) is 0 Å². The number of nitrogens with one attached hydrogen (secondary N) is 1. The minimum atomic E-state index is -5.47. The summed E-state index contributed by atoms with van der Waals surface area (Å²) < 4.78 is 59.4. The molecule has 8 heteroatoms. The van der Waals surface area contributed by atoms with Crippen LogP contribution >= 0.6 is 0 Å². The molecule has 0 fully saturated rings. The molecule has 1 N–H and O–H groups in total. The summed E-state index contributed by atoms with van der Waals surface area (Å²) in [4.78, 5) is 9.79. The lowest BCUT2D eigenvalue weighted by molar-refractivity contribution is -0.114. The third kappa shape index (κ3) is 2.76. The van der Waals surface area contributed by atoms with E-state index in [0.717, 1.165) is 25.1 Å². The topological polar surface area (TPSA) is 63.2 Å². The Kier molecular flexibility index (Phi) is 3.46. The normalized spacial score (nSPS) is 12.2. The van der Waals surface area contributed by atoms with E-state index >= 15 is 0 Å². The van der Waals surface area contributed by atoms with E-state index in [1.165, 1.54) is 6.07 Å². The number of hydrogen-bond donors (Lipinski definition) is 1. The molecule has 1 aromatic carbocycles. The van der Waals surface area contributed by atoms with Gasteiger partial charge in [0.15, 0.2) is 0 Å². The van der Waals surface area contributed by atoms with Gasteiger partial charge in [-0.1, -0.05) is 12.1 Å². The molecule has 0 saturated heterocycles. The zero-order chi connectivity index (χ0) is 13.3. The maximum Gasteiger partial charge on any atom is 0.501 e. The van der Waals surface area contributed by atoms with Crippen molar-refractivity contribution in [1.82, 2.24) is 0 Å². The summed E-state index contributed by atoms with van der Waals surface area (Å²) in [5, 5.41) is 2.03. The molecule has 1 aromatic rings. The van der Waals surface area contributed by atoms with Gasteiger partial charge in [0.25, 0.3) is 9.84 Å². The van der Waals surface area contributed by atoms with Gasteiger partial charge in [-0.3, -0.25) is 4.79 Å². The largest absolute Gasteiger partial charge is 0.501 e. The van der Waals surface area contributed by atoms with Gasteiger partial charge in [-0.15, -0.1) is 0 Å². The number of carbonyl (C=O) groups excluding carboxylic acids is 1. The minimum Gasteiger partial charge on any atom is -0.325 e. The molecule has 0 atom stereocenters. The lowest BCUT2D eigenvalue weighted by atomic mass is 10.3. The molecule has 94 valence electrons. The van der Waals surface area contributed by atoms with Gasteiger partial charge in [0.2, 0.25) is 5.91 Å². The van der Waals surface area contributed by atoms with Crippen molar-refractivity contribution in [2.24, 2.45) is 0 Å². The summed E-state index contributed by atoms with van der Waals surface area (Å²) in [7, 11) is -5.47. The van der Waals surface area contributed by atoms with Gasteiger partial charge < -0.3 is 5.32 Å². The molecule has 0 unspecified atom stereocenters. The first-order valence-electron chi connectivity index (χ1n) is 4.34. The molecule has 4 nitrogen and oxygen atoms in total. The fourth-order valence-electron chi connectivity index (χ4n) is 1.12. The SMILES string of the molecule is CC(=O)Nc1ccccc1S(=O)(=O)C(F)(F)F. The van der Waals surface area contributed by atoms with Crippen molar-refractivity contribution in [2.75, 3.05) is 5.32 Å². The average molecular weight is 267 g/mol. The highest BCUT2D eigenvalue weighted by Gasteiger charge is 2.47. The lowest BCUT2D eigenvalue weighted by Gasteiger charge is -2.12. The van der Waals surface area contributed by atoms with E-state index in [4.69, 9.17) is 0 Å². The molecule has 0 heterocycles. The molecule has 0 aliphatic rings. The second-order valence-electron chi connectivity index (χ2n) is 3.13. The quantitative estimate of drug-likeness (QED) is 0.890. The predicted octanol–water partition coefficient (Wildman–Crippen LogP) is 1.94. The number of anilines is 1. The van der Waals surface area contributed by atoms with Gasteiger partial charge in [-0.25, -0.2) is 8.42 Å². The van der Waals surface area contributed by atoms with Crippen LogP contribution in [0.25, 0.3) is 0 Å². The monoisotopic (exact) mass is 267 g/mol. The van der Waals surface area contributed by atoms with Crippen molar-refractivity contribution >= 4 is 21.4 Å². The standard InChI is InChI=1S/C9H8F3NO3S/c1-6(14)13-7-4-2-3-5-8(7)17(15,16)9(10,11)12/h2-5H,1H3,(H,13,14). The van der Waals surface area contributed by atoms with E-state index in [1.807, 2.05) is 5.32 Å². The van der Waals surface area contributed by atoms with Crippen molar-refractivity contribution in [1.29, 1.82) is 0 Å². The molecular formula is C9H8F3NO3S. The molecule has 0 aromatic heterocycles. The maximum absolute atomic E-state index is 12.3. The zero-order valence-electron chi connectivity index (χ0n) is 8.58. The third-order valence-electron chi connectivity index (χ3n) is 1.79. The summed E-state index contributed by atoms with van der Waals surface area (Å²) in [5.74, 6) is -0.658. The Balaban J connectivity index is 3.37. The summed E-state index contributed by atoms with van der Waals surface area (Å²) >= 11 is 0. The summed E-state index contributed by atoms with van der Waals surface area (Å²) in [5.41, 5.74) is -5.79. The van der Waals surface area contributed by atoms with E-state index in [0.29, 0.717) is 0 Å². The van der Waals surface area contributed by atoms with Crippen LogP contribution in [-0.4, -0.2) is 19.8 Å². The highest BCUT2D eigenvalue weighted by molar-refractivity contribution is 7.92. The highest BCUT2D eigenvalue weighted by atomic mass is 32.2. The summed E-state index contributed by atoms with van der Waals surface area (Å²) in [6.45, 7) is 1.07. The van der Waals surface area contributed by atoms with Crippen LogP contribution < -0.4 is 5.32 Å². The van der Waals surface area contributed by atoms with Gasteiger partial charge in [0, 0.05) is 6.92 Å². The van der Waals surface area contributed by atoms with Crippen LogP contribution in [0.3, 0.4) is 0 Å². The molecule has 0 radical (unpaired) electrons. The maximum atomic E-state index is 12.3. The van der Waals surface area contributed by atoms with Crippen molar-refractivity contribution in [3.63, 3.8) is 0 Å². The molecule has 17 heavy (non-hydrogen) atoms. The third-order valence-corrected chi connectivity index (χ3v) is 3.34. The van der Waals surface area contributed by atoms with E-state index in [9.17, 15) is 26.4 Å². The first-order chi connectivity index (χ1) is 7.66. The number of sulfone groups is 1. The molecule has 0 aliphatic heterocycles. The molecule has 0 bridgehead atoms. The van der Waals surface area contributed by atoms with Crippen LogP contribution in [-0.2, 0) is 14.6 Å². The van der Waals surface area contributed by atoms with Crippen molar-refractivity contribution in [3.05, 3.63) is 24.3 Å². The Bertz CT molecular complexity index is 537. The fourth-order valence-corrected chi connectivity index (χ4v) is 2.03. The Morgan fingerprint density at radius 3 is 2.24 bits per heavy atom. The molecule has 0 spiro atoms. The average Bonchev–Trinajstić information content (AvgIpc) is 2.15. The van der Waals surface area contributed by atoms with Crippen LogP contribution in [0.1, 0.15) is 6.92 Å². The Labute approximate surface area is 95.4 Å². The van der Waals surface area contributed by atoms with Gasteiger partial charge in [0.05, 0.1) is 10.6 Å². The second-order valence-corrected chi connectivity index (χ2v) is 5.04. The van der Waals surface area contributed by atoms with Crippen molar-refractivity contribution < 1.29 is 26.4 Å². The van der Waals surface area contributed by atoms with Gasteiger partial charge in [-0.05, 0) is 12.1 Å². The van der Waals surface area contributed by atoms with E-state index < -0.39 is 31.8 Å². The van der Waals surface area contributed by atoms with E-state index in [1.54, 1.807) is 0 Å². The van der Waals surface area contributed by atoms with Crippen molar-refractivity contribution in [2.45, 2.75) is 17.3 Å². The van der Waals surface area contributed by atoms with Crippen LogP contribution in [0.15, 0.2) is 29.2 Å². The summed E-state index contributed by atoms with van der Waals surface area (Å²) in [6.07, 6.45) is 0. The van der Waals surface area contributed by atoms with E-state index in [-0.39, 0.29) is 0 Å². The lowest BCUT2D eigenvalue weighted by Crippen LogP contribution is -2.24. The summed E-state index contributed by atoms with van der Waals surface area (Å²) in [6, 6.07) is 4.33. The van der Waals surface area contributed by atoms with Crippen LogP contribution in [0.5, 0.6) is 0 Å². The molecule has 0 aliphatic carbocycles. The predicted molar refractivity (Wildman–Crippen MR) is 54.0 cm³/mol. The molecular weight excluding hydrogens is 259 g/mol. The fraction of sp³-hybridized carbons (Fsp3) is 0.222.